The van der Waals surface area contributed by atoms with Crippen LogP contribution >= 0.6 is 0 Å². The van der Waals surface area contributed by atoms with Gasteiger partial charge in [0, 0.05) is 17.8 Å². The second-order valence-electron chi connectivity index (χ2n) is 3.83. The van der Waals surface area contributed by atoms with E-state index in [1.54, 1.807) is 6.20 Å². The summed E-state index contributed by atoms with van der Waals surface area (Å²) in [6.45, 7) is 6.60. The third-order valence-electron chi connectivity index (χ3n) is 2.21. The second kappa shape index (κ2) is 3.84. The van der Waals surface area contributed by atoms with Crippen LogP contribution in [-0.2, 0) is 6.54 Å². The molecule has 80 valence electrons. The van der Waals surface area contributed by atoms with E-state index in [-0.39, 0.29) is 0 Å². The van der Waals surface area contributed by atoms with Crippen molar-refractivity contribution in [3.05, 3.63) is 29.7 Å². The van der Waals surface area contributed by atoms with Crippen molar-refractivity contribution in [2.75, 3.05) is 0 Å². The van der Waals surface area contributed by atoms with Crippen LogP contribution in [0.25, 0.3) is 0 Å². The summed E-state index contributed by atoms with van der Waals surface area (Å²) in [6.07, 6.45) is 1.76. The normalized spacial score (nSPS) is 11.2. The highest BCUT2D eigenvalue weighted by atomic mass is 16.5. The second-order valence-corrected chi connectivity index (χ2v) is 3.83. The predicted octanol–water partition coefficient (Wildman–Crippen LogP) is 1.75. The first-order valence-electron chi connectivity index (χ1n) is 4.97. The van der Waals surface area contributed by atoms with Crippen molar-refractivity contribution in [1.82, 2.24) is 19.9 Å². The lowest BCUT2D eigenvalue weighted by atomic mass is 10.2. The zero-order chi connectivity index (χ0) is 10.8. The average molecular weight is 206 g/mol. The highest BCUT2D eigenvalue weighted by molar-refractivity contribution is 4.99. The van der Waals surface area contributed by atoms with Gasteiger partial charge < -0.3 is 4.52 Å². The van der Waals surface area contributed by atoms with Crippen LogP contribution in [0.3, 0.4) is 0 Å². The minimum absolute atomic E-state index is 0.293. The van der Waals surface area contributed by atoms with E-state index in [2.05, 4.69) is 15.2 Å². The summed E-state index contributed by atoms with van der Waals surface area (Å²) < 4.78 is 6.96. The lowest BCUT2D eigenvalue weighted by Crippen LogP contribution is -2.03. The van der Waals surface area contributed by atoms with E-state index >= 15 is 0 Å². The Morgan fingerprint density at radius 2 is 2.27 bits per heavy atom. The summed E-state index contributed by atoms with van der Waals surface area (Å²) >= 11 is 0. The molecule has 0 aromatic carbocycles. The fourth-order valence-electron chi connectivity index (χ4n) is 1.26. The summed E-state index contributed by atoms with van der Waals surface area (Å²) in [6, 6.07) is 1.94. The molecule has 0 atom stereocenters. The van der Waals surface area contributed by atoms with Crippen LogP contribution in [0.4, 0.5) is 0 Å². The lowest BCUT2D eigenvalue weighted by Gasteiger charge is -1.98. The van der Waals surface area contributed by atoms with Gasteiger partial charge in [0.2, 0.25) is 5.89 Å². The average Bonchev–Trinajstić information content (AvgIpc) is 2.77. The maximum absolute atomic E-state index is 5.13. The molecule has 0 amide bonds. The van der Waals surface area contributed by atoms with Gasteiger partial charge in [0.25, 0.3) is 0 Å². The summed E-state index contributed by atoms with van der Waals surface area (Å²) in [4.78, 5) is 4.29. The molecule has 0 unspecified atom stereocenters. The molecular weight excluding hydrogens is 192 g/mol. The first-order valence-corrected chi connectivity index (χ1v) is 4.97. The van der Waals surface area contributed by atoms with Crippen LogP contribution in [0.1, 0.15) is 37.2 Å². The Morgan fingerprint density at radius 1 is 1.47 bits per heavy atom. The Morgan fingerprint density at radius 3 is 2.80 bits per heavy atom. The number of hydrogen-bond acceptors (Lipinski definition) is 4. The molecule has 0 spiro atoms. The minimum Gasteiger partial charge on any atom is -0.337 e. The molecule has 0 bridgehead atoms. The quantitative estimate of drug-likeness (QED) is 0.767. The molecule has 5 heteroatoms. The maximum atomic E-state index is 5.13. The van der Waals surface area contributed by atoms with Crippen molar-refractivity contribution < 1.29 is 4.52 Å². The molecule has 2 heterocycles. The van der Waals surface area contributed by atoms with Crippen molar-refractivity contribution in [2.45, 2.75) is 33.2 Å². The molecule has 0 saturated heterocycles. The Hall–Kier alpha value is -1.65. The van der Waals surface area contributed by atoms with Gasteiger partial charge in [0.15, 0.2) is 5.82 Å². The highest BCUT2D eigenvalue weighted by Gasteiger charge is 2.10. The summed E-state index contributed by atoms with van der Waals surface area (Å²) in [5.41, 5.74) is 1.08. The van der Waals surface area contributed by atoms with Crippen LogP contribution in [0.2, 0.25) is 0 Å². The van der Waals surface area contributed by atoms with Gasteiger partial charge in [-0.2, -0.15) is 10.1 Å². The number of rotatable bonds is 3. The molecule has 15 heavy (non-hydrogen) atoms. The molecule has 0 aliphatic carbocycles. The largest absolute Gasteiger partial charge is 0.337 e. The third kappa shape index (κ3) is 2.06. The Kier molecular flexibility index (Phi) is 2.53. The van der Waals surface area contributed by atoms with Gasteiger partial charge >= 0.3 is 0 Å². The van der Waals surface area contributed by atoms with Crippen LogP contribution < -0.4 is 0 Å². The molecule has 2 aromatic rings. The van der Waals surface area contributed by atoms with Crippen LogP contribution in [0, 0.1) is 6.92 Å². The van der Waals surface area contributed by atoms with E-state index in [1.807, 2.05) is 31.5 Å². The SMILES string of the molecule is Cc1ccnn1Cc1nc(C(C)C)no1. The zero-order valence-corrected chi connectivity index (χ0v) is 9.14. The Labute approximate surface area is 88.1 Å². The lowest BCUT2D eigenvalue weighted by molar-refractivity contribution is 0.358. The van der Waals surface area contributed by atoms with Crippen molar-refractivity contribution in [1.29, 1.82) is 0 Å². The van der Waals surface area contributed by atoms with E-state index < -0.39 is 0 Å². The Bertz CT molecular complexity index is 444. The highest BCUT2D eigenvalue weighted by Crippen LogP contribution is 2.10. The Balaban J connectivity index is 2.15. The molecule has 0 saturated carbocycles. The van der Waals surface area contributed by atoms with Gasteiger partial charge in [-0.25, -0.2) is 0 Å². The van der Waals surface area contributed by atoms with E-state index in [9.17, 15) is 0 Å². The summed E-state index contributed by atoms with van der Waals surface area (Å²) in [5, 5.41) is 8.05. The smallest absolute Gasteiger partial charge is 0.248 e. The maximum Gasteiger partial charge on any atom is 0.248 e. The van der Waals surface area contributed by atoms with Crippen molar-refractivity contribution in [3.63, 3.8) is 0 Å². The number of aryl methyl sites for hydroxylation is 1. The molecule has 2 aromatic heterocycles. The molecule has 0 radical (unpaired) electrons. The zero-order valence-electron chi connectivity index (χ0n) is 9.14. The van der Waals surface area contributed by atoms with E-state index in [4.69, 9.17) is 4.52 Å². The summed E-state index contributed by atoms with van der Waals surface area (Å²) in [7, 11) is 0. The first kappa shape index (κ1) is 9.89. The van der Waals surface area contributed by atoms with Crippen molar-refractivity contribution in [2.24, 2.45) is 0 Å². The van der Waals surface area contributed by atoms with E-state index in [0.717, 1.165) is 11.5 Å². The van der Waals surface area contributed by atoms with Gasteiger partial charge in [-0.15, -0.1) is 0 Å². The molecule has 0 aliphatic heterocycles. The van der Waals surface area contributed by atoms with Gasteiger partial charge in [-0.05, 0) is 13.0 Å². The predicted molar refractivity (Wildman–Crippen MR) is 54.5 cm³/mol. The van der Waals surface area contributed by atoms with Gasteiger partial charge in [-0.3, -0.25) is 4.68 Å². The number of hydrogen-bond donors (Lipinski definition) is 0. The fourth-order valence-corrected chi connectivity index (χ4v) is 1.26. The van der Waals surface area contributed by atoms with Crippen LogP contribution in [-0.4, -0.2) is 19.9 Å². The monoisotopic (exact) mass is 206 g/mol. The van der Waals surface area contributed by atoms with Crippen LogP contribution in [0.5, 0.6) is 0 Å². The number of aromatic nitrogens is 4. The molecule has 0 aliphatic rings. The van der Waals surface area contributed by atoms with E-state index in [0.29, 0.717) is 18.4 Å². The van der Waals surface area contributed by atoms with Crippen LogP contribution in [0.15, 0.2) is 16.8 Å². The molecule has 0 fully saturated rings. The van der Waals surface area contributed by atoms with Gasteiger partial charge in [-0.1, -0.05) is 19.0 Å². The standard InChI is InChI=1S/C10H14N4O/c1-7(2)10-12-9(15-13-10)6-14-8(3)4-5-11-14/h4-5,7H,6H2,1-3H3. The first-order chi connectivity index (χ1) is 7.16. The van der Waals surface area contributed by atoms with Crippen molar-refractivity contribution in [3.8, 4) is 0 Å². The fraction of sp³-hybridized carbons (Fsp3) is 0.500. The van der Waals surface area contributed by atoms with Gasteiger partial charge in [0.05, 0.1) is 0 Å². The van der Waals surface area contributed by atoms with E-state index in [1.165, 1.54) is 0 Å². The third-order valence-corrected chi connectivity index (χ3v) is 2.21. The molecule has 2 rings (SSSR count). The molecular formula is C10H14N4O. The molecule has 5 nitrogen and oxygen atoms in total. The summed E-state index contributed by atoms with van der Waals surface area (Å²) in [5.74, 6) is 1.64. The topological polar surface area (TPSA) is 56.7 Å². The van der Waals surface area contributed by atoms with Gasteiger partial charge in [0.1, 0.15) is 6.54 Å². The van der Waals surface area contributed by atoms with Crippen molar-refractivity contribution >= 4 is 0 Å². The minimum atomic E-state index is 0.293. The number of nitrogens with zero attached hydrogens (tertiary/aromatic N) is 4. The molecule has 0 N–H and O–H groups in total.